The number of nitrogens with zero attached hydrogens (tertiary/aromatic N) is 3. The zero-order chi connectivity index (χ0) is 21.9. The molecule has 4 aromatic rings. The lowest BCUT2D eigenvalue weighted by Gasteiger charge is -2.33. The van der Waals surface area contributed by atoms with Crippen LogP contribution in [0.15, 0.2) is 78.0 Å². The van der Waals surface area contributed by atoms with Gasteiger partial charge >= 0.3 is 0 Å². The van der Waals surface area contributed by atoms with E-state index in [1.165, 1.54) is 11.1 Å². The van der Waals surface area contributed by atoms with Crippen LogP contribution >= 0.6 is 35.0 Å². The number of benzene rings is 3. The van der Waals surface area contributed by atoms with Crippen LogP contribution in [0.5, 0.6) is 0 Å². The number of hydrogen-bond acceptors (Lipinski definition) is 3. The van der Waals surface area contributed by atoms with Gasteiger partial charge in [0.2, 0.25) is 0 Å². The summed E-state index contributed by atoms with van der Waals surface area (Å²) < 4.78 is 2.43. The van der Waals surface area contributed by atoms with E-state index in [0.717, 1.165) is 64.5 Å². The van der Waals surface area contributed by atoms with Crippen molar-refractivity contribution in [2.45, 2.75) is 36.3 Å². The number of halogens is 2. The first-order chi connectivity index (χ1) is 15.7. The molecule has 164 valence electrons. The van der Waals surface area contributed by atoms with Gasteiger partial charge in [0.15, 0.2) is 5.16 Å². The van der Waals surface area contributed by atoms with Gasteiger partial charge in [-0.25, -0.2) is 4.98 Å². The normalized spacial score (nSPS) is 15.4. The summed E-state index contributed by atoms with van der Waals surface area (Å²) in [6.07, 6.45) is 2.22. The van der Waals surface area contributed by atoms with Crippen LogP contribution in [0.25, 0.3) is 11.0 Å². The van der Waals surface area contributed by atoms with Crippen LogP contribution in [0.1, 0.15) is 30.0 Å². The van der Waals surface area contributed by atoms with Gasteiger partial charge in [0, 0.05) is 41.5 Å². The maximum absolute atomic E-state index is 6.37. The highest BCUT2D eigenvalue weighted by atomic mass is 35.5. The second-order valence-corrected chi connectivity index (χ2v) is 10.1. The molecule has 1 fully saturated rings. The Kier molecular flexibility index (Phi) is 6.74. The van der Waals surface area contributed by atoms with Crippen molar-refractivity contribution in [2.75, 3.05) is 13.1 Å². The molecule has 3 aromatic carbocycles. The summed E-state index contributed by atoms with van der Waals surface area (Å²) in [5, 5.41) is 2.59. The number of rotatable bonds is 6. The van der Waals surface area contributed by atoms with Crippen molar-refractivity contribution in [2.24, 2.45) is 0 Å². The van der Waals surface area contributed by atoms with E-state index in [0.29, 0.717) is 6.04 Å². The molecular formula is C26H25Cl2N3S. The van der Waals surface area contributed by atoms with E-state index in [1.54, 1.807) is 11.8 Å². The van der Waals surface area contributed by atoms with E-state index in [2.05, 4.69) is 58.0 Å². The van der Waals surface area contributed by atoms with Gasteiger partial charge in [-0.2, -0.15) is 0 Å². The molecule has 6 heteroatoms. The van der Waals surface area contributed by atoms with Crippen LogP contribution < -0.4 is 0 Å². The first kappa shape index (κ1) is 21.8. The molecule has 0 radical (unpaired) electrons. The minimum atomic E-state index is 0.429. The second-order valence-electron chi connectivity index (χ2n) is 8.31. The number of imidazole rings is 1. The Morgan fingerprint density at radius 1 is 0.844 bits per heavy atom. The molecule has 0 aliphatic carbocycles. The highest BCUT2D eigenvalue weighted by molar-refractivity contribution is 7.98. The van der Waals surface area contributed by atoms with Crippen LogP contribution in [0.2, 0.25) is 10.0 Å². The van der Waals surface area contributed by atoms with Gasteiger partial charge in [-0.15, -0.1) is 0 Å². The molecule has 0 saturated carbocycles. The minimum Gasteiger partial charge on any atom is -0.316 e. The molecule has 0 bridgehead atoms. The van der Waals surface area contributed by atoms with E-state index < -0.39 is 0 Å². The number of fused-ring (bicyclic) bond motifs is 1. The van der Waals surface area contributed by atoms with E-state index >= 15 is 0 Å². The Hall–Kier alpha value is -1.98. The molecule has 1 aliphatic heterocycles. The summed E-state index contributed by atoms with van der Waals surface area (Å²) in [5.74, 6) is 0.862. The highest BCUT2D eigenvalue weighted by Gasteiger charge is 2.25. The molecule has 1 aromatic heterocycles. The first-order valence-electron chi connectivity index (χ1n) is 11.0. The monoisotopic (exact) mass is 481 g/mol. The lowest BCUT2D eigenvalue weighted by Crippen LogP contribution is -2.34. The Morgan fingerprint density at radius 3 is 2.31 bits per heavy atom. The van der Waals surface area contributed by atoms with Crippen LogP contribution in [-0.4, -0.2) is 27.5 Å². The van der Waals surface area contributed by atoms with Gasteiger partial charge in [-0.1, -0.05) is 77.4 Å². The van der Waals surface area contributed by atoms with Crippen molar-refractivity contribution in [3.63, 3.8) is 0 Å². The van der Waals surface area contributed by atoms with Crippen LogP contribution in [0.3, 0.4) is 0 Å². The molecule has 5 rings (SSSR count). The molecule has 1 aliphatic rings. The van der Waals surface area contributed by atoms with E-state index in [1.807, 2.05) is 24.3 Å². The molecule has 1 saturated heterocycles. The number of likely N-dealkylation sites (tertiary alicyclic amines) is 1. The summed E-state index contributed by atoms with van der Waals surface area (Å²) in [7, 11) is 0. The molecule has 32 heavy (non-hydrogen) atoms. The number of piperidine rings is 1. The fourth-order valence-corrected chi connectivity index (χ4v) is 5.73. The van der Waals surface area contributed by atoms with E-state index in [-0.39, 0.29) is 0 Å². The molecule has 2 heterocycles. The number of aromatic nitrogens is 2. The Morgan fingerprint density at radius 2 is 1.56 bits per heavy atom. The molecule has 0 amide bonds. The quantitative estimate of drug-likeness (QED) is 0.266. The van der Waals surface area contributed by atoms with Gasteiger partial charge in [0.1, 0.15) is 0 Å². The predicted molar refractivity (Wildman–Crippen MR) is 136 cm³/mol. The molecule has 0 N–H and O–H groups in total. The van der Waals surface area contributed by atoms with Crippen molar-refractivity contribution in [3.05, 3.63) is 94.0 Å². The summed E-state index contributed by atoms with van der Waals surface area (Å²) in [4.78, 5) is 7.53. The molecular weight excluding hydrogens is 457 g/mol. The first-order valence-corrected chi connectivity index (χ1v) is 12.7. The average Bonchev–Trinajstić information content (AvgIpc) is 3.17. The molecule has 3 nitrogen and oxygen atoms in total. The van der Waals surface area contributed by atoms with Gasteiger partial charge < -0.3 is 4.57 Å². The van der Waals surface area contributed by atoms with Crippen LogP contribution in [-0.2, 0) is 12.3 Å². The topological polar surface area (TPSA) is 21.1 Å². The Labute approximate surface area is 203 Å². The van der Waals surface area contributed by atoms with Gasteiger partial charge in [0.05, 0.1) is 11.0 Å². The average molecular weight is 482 g/mol. The fraction of sp³-hybridized carbons (Fsp3) is 0.269. The lowest BCUT2D eigenvalue weighted by atomic mass is 10.0. The number of hydrogen-bond donors (Lipinski definition) is 0. The van der Waals surface area contributed by atoms with Crippen molar-refractivity contribution >= 4 is 46.0 Å². The van der Waals surface area contributed by atoms with Crippen LogP contribution in [0.4, 0.5) is 0 Å². The summed E-state index contributed by atoms with van der Waals surface area (Å²) in [5.41, 5.74) is 4.77. The highest BCUT2D eigenvalue weighted by Crippen LogP contribution is 2.35. The Bertz CT molecular complexity index is 1180. The number of thioether (sulfide) groups is 1. The summed E-state index contributed by atoms with van der Waals surface area (Å²) >= 11 is 14.2. The third kappa shape index (κ3) is 4.99. The van der Waals surface area contributed by atoms with Crippen molar-refractivity contribution in [3.8, 4) is 0 Å². The molecule has 0 atom stereocenters. The molecule has 0 spiro atoms. The van der Waals surface area contributed by atoms with Crippen molar-refractivity contribution < 1.29 is 0 Å². The van der Waals surface area contributed by atoms with Gasteiger partial charge in [-0.3, -0.25) is 4.90 Å². The standard InChI is InChI=1S/C26H25Cl2N3S/c27-21-8-6-20(7-9-21)18-32-26-29-24-11-10-22(28)16-25(24)31(26)23-12-14-30(15-13-23)17-19-4-2-1-3-5-19/h1-11,16,23H,12-15,17-18H2. The smallest absolute Gasteiger partial charge is 0.169 e. The van der Waals surface area contributed by atoms with Crippen molar-refractivity contribution in [1.82, 2.24) is 14.5 Å². The zero-order valence-corrected chi connectivity index (χ0v) is 20.1. The van der Waals surface area contributed by atoms with E-state index in [4.69, 9.17) is 28.2 Å². The maximum Gasteiger partial charge on any atom is 0.169 e. The SMILES string of the molecule is Clc1ccc(CSc2nc3ccc(Cl)cc3n2C2CCN(Cc3ccccc3)CC2)cc1. The third-order valence-electron chi connectivity index (χ3n) is 6.07. The second kappa shape index (κ2) is 9.88. The minimum absolute atomic E-state index is 0.429. The van der Waals surface area contributed by atoms with Crippen molar-refractivity contribution in [1.29, 1.82) is 0 Å². The Balaban J connectivity index is 1.35. The largest absolute Gasteiger partial charge is 0.316 e. The summed E-state index contributed by atoms with van der Waals surface area (Å²) in [6, 6.07) is 25.3. The predicted octanol–water partition coefficient (Wildman–Crippen LogP) is 7.47. The zero-order valence-electron chi connectivity index (χ0n) is 17.8. The third-order valence-corrected chi connectivity index (χ3v) is 7.58. The fourth-order valence-electron chi connectivity index (χ4n) is 4.40. The summed E-state index contributed by atoms with van der Waals surface area (Å²) in [6.45, 7) is 3.18. The van der Waals surface area contributed by atoms with Gasteiger partial charge in [-0.05, 0) is 54.3 Å². The molecule has 0 unspecified atom stereocenters. The van der Waals surface area contributed by atoms with Gasteiger partial charge in [0.25, 0.3) is 0 Å². The van der Waals surface area contributed by atoms with Crippen LogP contribution in [0, 0.1) is 0 Å². The maximum atomic E-state index is 6.37. The van der Waals surface area contributed by atoms with E-state index in [9.17, 15) is 0 Å². The lowest BCUT2D eigenvalue weighted by molar-refractivity contribution is 0.177.